The molecule has 3 nitrogen and oxygen atoms in total. The number of methoxy groups -OCH3 is 1. The first-order valence-electron chi connectivity index (χ1n) is 5.01. The highest BCUT2D eigenvalue weighted by molar-refractivity contribution is 6.00. The first-order chi connectivity index (χ1) is 7.20. The number of nitrogens with zero attached hydrogens (tertiary/aromatic N) is 1. The zero-order chi connectivity index (χ0) is 11.3. The van der Waals surface area contributed by atoms with Crippen LogP contribution in [0.1, 0.15) is 25.0 Å². The number of ether oxygens (including phenoxy) is 1. The summed E-state index contributed by atoms with van der Waals surface area (Å²) in [7, 11) is 1.67. The van der Waals surface area contributed by atoms with E-state index in [-0.39, 0.29) is 0 Å². The lowest BCUT2D eigenvalue weighted by Gasteiger charge is -2.09. The Balaban J connectivity index is 3.03. The van der Waals surface area contributed by atoms with Crippen LogP contribution in [0.5, 0.6) is 5.75 Å². The van der Waals surface area contributed by atoms with Gasteiger partial charge in [-0.15, -0.1) is 0 Å². The van der Waals surface area contributed by atoms with Crippen LogP contribution in [0.3, 0.4) is 0 Å². The normalized spacial score (nSPS) is 11.3. The van der Waals surface area contributed by atoms with E-state index >= 15 is 0 Å². The Labute approximate surface area is 90.7 Å². The van der Waals surface area contributed by atoms with E-state index in [1.807, 2.05) is 39.0 Å². The molecule has 0 amide bonds. The van der Waals surface area contributed by atoms with Gasteiger partial charge in [0.25, 0.3) is 0 Å². The van der Waals surface area contributed by atoms with Crippen LogP contribution < -0.4 is 4.74 Å². The van der Waals surface area contributed by atoms with E-state index in [0.717, 1.165) is 22.6 Å². The lowest BCUT2D eigenvalue weighted by Crippen LogP contribution is -2.01. The van der Waals surface area contributed by atoms with Crippen LogP contribution >= 0.6 is 0 Å². The molecule has 15 heavy (non-hydrogen) atoms. The maximum atomic E-state index is 5.24. The van der Waals surface area contributed by atoms with E-state index in [0.29, 0.717) is 6.61 Å². The molecule has 1 aromatic rings. The average molecular weight is 207 g/mol. The summed E-state index contributed by atoms with van der Waals surface area (Å²) in [5.74, 6) is 0.874. The van der Waals surface area contributed by atoms with E-state index in [1.54, 1.807) is 7.11 Å². The average Bonchev–Trinajstić information content (AvgIpc) is 2.26. The molecular weight excluding hydrogens is 190 g/mol. The molecule has 0 atom stereocenters. The monoisotopic (exact) mass is 207 g/mol. The fraction of sp³-hybridized carbons (Fsp3) is 0.417. The van der Waals surface area contributed by atoms with Gasteiger partial charge in [-0.2, -0.15) is 0 Å². The highest BCUT2D eigenvalue weighted by Gasteiger charge is 2.06. The molecule has 0 aromatic heterocycles. The largest absolute Gasteiger partial charge is 0.496 e. The number of hydrogen-bond donors (Lipinski definition) is 0. The van der Waals surface area contributed by atoms with Gasteiger partial charge in [0.1, 0.15) is 12.4 Å². The van der Waals surface area contributed by atoms with Crippen LogP contribution in [0, 0.1) is 6.92 Å². The minimum absolute atomic E-state index is 0.584. The second-order valence-corrected chi connectivity index (χ2v) is 3.23. The van der Waals surface area contributed by atoms with Gasteiger partial charge in [0.05, 0.1) is 12.8 Å². The molecule has 0 bridgehead atoms. The third kappa shape index (κ3) is 2.72. The summed E-state index contributed by atoms with van der Waals surface area (Å²) < 4.78 is 5.24. The highest BCUT2D eigenvalue weighted by Crippen LogP contribution is 2.21. The zero-order valence-electron chi connectivity index (χ0n) is 9.70. The fourth-order valence-electron chi connectivity index (χ4n) is 1.44. The van der Waals surface area contributed by atoms with Gasteiger partial charge < -0.3 is 9.57 Å². The Morgan fingerprint density at radius 2 is 2.13 bits per heavy atom. The topological polar surface area (TPSA) is 30.8 Å². The summed E-state index contributed by atoms with van der Waals surface area (Å²) in [5.41, 5.74) is 3.01. The van der Waals surface area contributed by atoms with Crippen molar-refractivity contribution in [3.63, 3.8) is 0 Å². The lowest BCUT2D eigenvalue weighted by molar-refractivity contribution is 0.159. The molecule has 1 rings (SSSR count). The second-order valence-electron chi connectivity index (χ2n) is 3.23. The van der Waals surface area contributed by atoms with Gasteiger partial charge in [-0.1, -0.05) is 17.3 Å². The molecule has 0 saturated carbocycles. The summed E-state index contributed by atoms with van der Waals surface area (Å²) in [6, 6.07) is 5.90. The van der Waals surface area contributed by atoms with E-state index in [4.69, 9.17) is 9.57 Å². The Hall–Kier alpha value is -1.51. The highest BCUT2D eigenvalue weighted by atomic mass is 16.6. The lowest BCUT2D eigenvalue weighted by atomic mass is 10.0. The van der Waals surface area contributed by atoms with Gasteiger partial charge in [0, 0.05) is 11.1 Å². The molecule has 0 aliphatic carbocycles. The van der Waals surface area contributed by atoms with Crippen molar-refractivity contribution in [2.24, 2.45) is 5.16 Å². The summed E-state index contributed by atoms with van der Waals surface area (Å²) in [5, 5.41) is 4.01. The van der Waals surface area contributed by atoms with Crippen molar-refractivity contribution in [2.45, 2.75) is 20.8 Å². The minimum atomic E-state index is 0.584. The molecular formula is C12H17NO2. The predicted molar refractivity (Wildman–Crippen MR) is 61.6 cm³/mol. The van der Waals surface area contributed by atoms with Gasteiger partial charge in [0.15, 0.2) is 0 Å². The Morgan fingerprint density at radius 1 is 1.40 bits per heavy atom. The molecule has 0 saturated heterocycles. The maximum Gasteiger partial charge on any atom is 0.122 e. The van der Waals surface area contributed by atoms with Crippen molar-refractivity contribution >= 4 is 5.71 Å². The smallest absolute Gasteiger partial charge is 0.122 e. The van der Waals surface area contributed by atoms with Crippen molar-refractivity contribution in [2.75, 3.05) is 13.7 Å². The molecule has 0 N–H and O–H groups in total. The molecule has 0 spiro atoms. The molecule has 3 heteroatoms. The predicted octanol–water partition coefficient (Wildman–Crippen LogP) is 2.76. The van der Waals surface area contributed by atoms with Gasteiger partial charge >= 0.3 is 0 Å². The quantitative estimate of drug-likeness (QED) is 0.561. The van der Waals surface area contributed by atoms with E-state index in [9.17, 15) is 0 Å². The molecule has 0 aliphatic rings. The summed E-state index contributed by atoms with van der Waals surface area (Å²) in [4.78, 5) is 5.03. The number of oxime groups is 1. The minimum Gasteiger partial charge on any atom is -0.496 e. The van der Waals surface area contributed by atoms with Crippen LogP contribution in [-0.4, -0.2) is 19.4 Å². The Bertz CT molecular complexity index is 359. The molecule has 0 heterocycles. The van der Waals surface area contributed by atoms with Gasteiger partial charge in [0.2, 0.25) is 0 Å². The van der Waals surface area contributed by atoms with Crippen LogP contribution in [-0.2, 0) is 4.84 Å². The molecule has 0 radical (unpaired) electrons. The van der Waals surface area contributed by atoms with Gasteiger partial charge in [-0.05, 0) is 26.8 Å². The number of rotatable bonds is 4. The van der Waals surface area contributed by atoms with Crippen LogP contribution in [0.15, 0.2) is 23.4 Å². The number of hydrogen-bond acceptors (Lipinski definition) is 3. The van der Waals surface area contributed by atoms with Crippen molar-refractivity contribution < 1.29 is 9.57 Å². The maximum absolute atomic E-state index is 5.24. The summed E-state index contributed by atoms with van der Waals surface area (Å²) in [6.07, 6.45) is 0. The Morgan fingerprint density at radius 3 is 2.73 bits per heavy atom. The van der Waals surface area contributed by atoms with Crippen LogP contribution in [0.4, 0.5) is 0 Å². The third-order valence-electron chi connectivity index (χ3n) is 2.22. The van der Waals surface area contributed by atoms with Gasteiger partial charge in [-0.25, -0.2) is 0 Å². The molecule has 0 aliphatic heterocycles. The van der Waals surface area contributed by atoms with Crippen LogP contribution in [0.25, 0.3) is 0 Å². The Kier molecular flexibility index (Phi) is 4.16. The van der Waals surface area contributed by atoms with Crippen molar-refractivity contribution in [3.8, 4) is 5.75 Å². The first kappa shape index (κ1) is 11.6. The van der Waals surface area contributed by atoms with E-state index < -0.39 is 0 Å². The van der Waals surface area contributed by atoms with Crippen molar-refractivity contribution in [1.82, 2.24) is 0 Å². The number of benzene rings is 1. The molecule has 0 fully saturated rings. The van der Waals surface area contributed by atoms with E-state index in [1.165, 1.54) is 0 Å². The standard InChI is InChI=1S/C12H17NO2/c1-5-15-13-10(3)11-7-6-8-12(14-4)9(11)2/h6-8H,5H2,1-4H3/b13-10+. The second kappa shape index (κ2) is 5.39. The fourth-order valence-corrected chi connectivity index (χ4v) is 1.44. The SMILES string of the molecule is CCO/N=C(\C)c1cccc(OC)c1C. The molecule has 0 unspecified atom stereocenters. The van der Waals surface area contributed by atoms with Crippen LogP contribution in [0.2, 0.25) is 0 Å². The molecule has 82 valence electrons. The third-order valence-corrected chi connectivity index (χ3v) is 2.22. The summed E-state index contributed by atoms with van der Waals surface area (Å²) >= 11 is 0. The summed E-state index contributed by atoms with van der Waals surface area (Å²) in [6.45, 7) is 6.44. The van der Waals surface area contributed by atoms with E-state index in [2.05, 4.69) is 5.16 Å². The first-order valence-corrected chi connectivity index (χ1v) is 5.01. The van der Waals surface area contributed by atoms with Crippen molar-refractivity contribution in [3.05, 3.63) is 29.3 Å². The zero-order valence-corrected chi connectivity index (χ0v) is 9.70. The molecule has 1 aromatic carbocycles. The van der Waals surface area contributed by atoms with Gasteiger partial charge in [-0.3, -0.25) is 0 Å². The van der Waals surface area contributed by atoms with Crippen molar-refractivity contribution in [1.29, 1.82) is 0 Å².